The smallest absolute Gasteiger partial charge is 0.0145 e. The van der Waals surface area contributed by atoms with Crippen LogP contribution in [0.4, 0.5) is 0 Å². The highest BCUT2D eigenvalue weighted by Crippen LogP contribution is 2.31. The van der Waals surface area contributed by atoms with Gasteiger partial charge in [-0.05, 0) is 71.1 Å². The molecule has 3 heteroatoms. The van der Waals surface area contributed by atoms with E-state index in [1.165, 1.54) is 71.1 Å². The van der Waals surface area contributed by atoms with Crippen LogP contribution in [0.2, 0.25) is 0 Å². The van der Waals surface area contributed by atoms with Crippen molar-refractivity contribution in [3.05, 3.63) is 0 Å². The third-order valence-electron chi connectivity index (χ3n) is 6.20. The first-order valence-electron chi connectivity index (χ1n) is 8.88. The van der Waals surface area contributed by atoms with Crippen molar-refractivity contribution in [2.75, 3.05) is 40.3 Å². The molecular formula is C17H33N3. The highest BCUT2D eigenvalue weighted by molar-refractivity contribution is 4.91. The molecule has 1 N–H and O–H groups in total. The van der Waals surface area contributed by atoms with Gasteiger partial charge in [0.05, 0.1) is 0 Å². The zero-order valence-corrected chi connectivity index (χ0v) is 13.5. The van der Waals surface area contributed by atoms with Crippen LogP contribution in [0.15, 0.2) is 0 Å². The fourth-order valence-electron chi connectivity index (χ4n) is 5.03. The molecule has 0 radical (unpaired) electrons. The van der Waals surface area contributed by atoms with Crippen LogP contribution in [-0.2, 0) is 0 Å². The molecule has 3 aliphatic rings. The maximum Gasteiger partial charge on any atom is 0.0145 e. The molecule has 1 aliphatic carbocycles. The van der Waals surface area contributed by atoms with Gasteiger partial charge in [-0.1, -0.05) is 12.8 Å². The molecule has 20 heavy (non-hydrogen) atoms. The summed E-state index contributed by atoms with van der Waals surface area (Å²) in [6.45, 7) is 5.37. The molecule has 0 aromatic carbocycles. The van der Waals surface area contributed by atoms with Gasteiger partial charge in [0.15, 0.2) is 0 Å². The van der Waals surface area contributed by atoms with Crippen molar-refractivity contribution in [2.24, 2.45) is 11.8 Å². The van der Waals surface area contributed by atoms with Crippen molar-refractivity contribution in [1.29, 1.82) is 0 Å². The molecule has 2 saturated heterocycles. The van der Waals surface area contributed by atoms with E-state index in [0.717, 1.165) is 23.9 Å². The van der Waals surface area contributed by atoms with Gasteiger partial charge in [0.2, 0.25) is 0 Å². The number of rotatable bonds is 3. The van der Waals surface area contributed by atoms with Crippen molar-refractivity contribution in [1.82, 2.24) is 15.1 Å². The average Bonchev–Trinajstić information content (AvgIpc) is 2.48. The van der Waals surface area contributed by atoms with E-state index >= 15 is 0 Å². The topological polar surface area (TPSA) is 18.5 Å². The molecule has 4 atom stereocenters. The summed E-state index contributed by atoms with van der Waals surface area (Å²) in [5.74, 6) is 1.84. The van der Waals surface area contributed by atoms with Gasteiger partial charge in [-0.2, -0.15) is 0 Å². The summed E-state index contributed by atoms with van der Waals surface area (Å²) in [5, 5.41) is 3.57. The van der Waals surface area contributed by atoms with Crippen LogP contribution in [0.5, 0.6) is 0 Å². The first-order chi connectivity index (χ1) is 9.78. The number of nitrogens with one attached hydrogen (secondary N) is 1. The number of nitrogens with zero attached hydrogens (tertiary/aromatic N) is 2. The van der Waals surface area contributed by atoms with Gasteiger partial charge in [-0.15, -0.1) is 0 Å². The summed E-state index contributed by atoms with van der Waals surface area (Å²) >= 11 is 0. The Balaban J connectivity index is 1.53. The van der Waals surface area contributed by atoms with E-state index < -0.39 is 0 Å². The van der Waals surface area contributed by atoms with E-state index in [1.807, 2.05) is 0 Å². The quantitative estimate of drug-likeness (QED) is 0.854. The molecule has 2 aliphatic heterocycles. The van der Waals surface area contributed by atoms with Crippen LogP contribution in [0.25, 0.3) is 0 Å². The zero-order chi connectivity index (χ0) is 13.9. The predicted octanol–water partition coefficient (Wildman–Crippen LogP) is 2.18. The third kappa shape index (κ3) is 3.20. The Labute approximate surface area is 125 Å². The van der Waals surface area contributed by atoms with Gasteiger partial charge in [0.1, 0.15) is 0 Å². The Morgan fingerprint density at radius 2 is 1.85 bits per heavy atom. The van der Waals surface area contributed by atoms with E-state index in [4.69, 9.17) is 0 Å². The fraction of sp³-hybridized carbons (Fsp3) is 1.00. The van der Waals surface area contributed by atoms with Crippen molar-refractivity contribution in [3.63, 3.8) is 0 Å². The molecule has 0 bridgehead atoms. The molecule has 3 fully saturated rings. The molecule has 4 unspecified atom stereocenters. The molecule has 0 spiro atoms. The van der Waals surface area contributed by atoms with Crippen LogP contribution < -0.4 is 5.32 Å². The maximum absolute atomic E-state index is 3.57. The Morgan fingerprint density at radius 1 is 1.00 bits per heavy atom. The summed E-state index contributed by atoms with van der Waals surface area (Å²) in [7, 11) is 4.50. The molecule has 2 heterocycles. The summed E-state index contributed by atoms with van der Waals surface area (Å²) in [4.78, 5) is 5.42. The van der Waals surface area contributed by atoms with Crippen LogP contribution in [0.1, 0.15) is 44.9 Å². The van der Waals surface area contributed by atoms with Gasteiger partial charge in [0, 0.05) is 25.2 Å². The Morgan fingerprint density at radius 3 is 2.70 bits per heavy atom. The lowest BCUT2D eigenvalue weighted by molar-refractivity contribution is 0.0271. The number of hydrogen-bond acceptors (Lipinski definition) is 3. The Bertz CT molecular complexity index is 307. The monoisotopic (exact) mass is 279 g/mol. The standard InChI is InChI=1S/C17H33N3/c1-18-16-8-4-3-6-14(16)12-20-11-9-17-15(13-20)7-5-10-19(17)2/h14-18H,3-13H2,1-2H3. The molecule has 0 aromatic rings. The SMILES string of the molecule is CNC1CCCCC1CN1CCC2C(CCCN2C)C1. The predicted molar refractivity (Wildman–Crippen MR) is 85.0 cm³/mol. The van der Waals surface area contributed by atoms with Gasteiger partial charge < -0.3 is 15.1 Å². The highest BCUT2D eigenvalue weighted by Gasteiger charge is 2.35. The molecular weight excluding hydrogens is 246 g/mol. The number of fused-ring (bicyclic) bond motifs is 1. The molecule has 1 saturated carbocycles. The second kappa shape index (κ2) is 6.76. The van der Waals surface area contributed by atoms with E-state index in [2.05, 4.69) is 29.2 Å². The van der Waals surface area contributed by atoms with Gasteiger partial charge in [-0.3, -0.25) is 0 Å². The van der Waals surface area contributed by atoms with E-state index in [1.54, 1.807) is 0 Å². The van der Waals surface area contributed by atoms with Gasteiger partial charge >= 0.3 is 0 Å². The van der Waals surface area contributed by atoms with Crippen molar-refractivity contribution in [2.45, 2.75) is 57.0 Å². The second-order valence-corrected chi connectivity index (χ2v) is 7.44. The van der Waals surface area contributed by atoms with Crippen molar-refractivity contribution < 1.29 is 0 Å². The zero-order valence-electron chi connectivity index (χ0n) is 13.5. The lowest BCUT2D eigenvalue weighted by Gasteiger charge is -2.47. The number of piperidine rings is 2. The van der Waals surface area contributed by atoms with Crippen molar-refractivity contribution >= 4 is 0 Å². The minimum absolute atomic E-state index is 0.774. The summed E-state index contributed by atoms with van der Waals surface area (Å²) in [5.41, 5.74) is 0. The molecule has 3 rings (SSSR count). The van der Waals surface area contributed by atoms with E-state index in [9.17, 15) is 0 Å². The first-order valence-corrected chi connectivity index (χ1v) is 8.88. The molecule has 116 valence electrons. The van der Waals surface area contributed by atoms with Crippen LogP contribution in [0.3, 0.4) is 0 Å². The lowest BCUT2D eigenvalue weighted by Crippen LogP contribution is -2.54. The second-order valence-electron chi connectivity index (χ2n) is 7.44. The maximum atomic E-state index is 3.57. The molecule has 0 amide bonds. The normalized spacial score (nSPS) is 40.5. The Hall–Kier alpha value is -0.120. The van der Waals surface area contributed by atoms with Crippen LogP contribution in [0, 0.1) is 11.8 Å². The molecule has 3 nitrogen and oxygen atoms in total. The fourth-order valence-corrected chi connectivity index (χ4v) is 5.03. The largest absolute Gasteiger partial charge is 0.317 e. The van der Waals surface area contributed by atoms with Crippen LogP contribution >= 0.6 is 0 Å². The number of likely N-dealkylation sites (tertiary alicyclic amines) is 2. The summed E-state index contributed by atoms with van der Waals surface area (Å²) in [6.07, 6.45) is 9.99. The minimum Gasteiger partial charge on any atom is -0.317 e. The lowest BCUT2D eigenvalue weighted by atomic mass is 9.81. The third-order valence-corrected chi connectivity index (χ3v) is 6.20. The molecule has 0 aromatic heterocycles. The average molecular weight is 279 g/mol. The summed E-state index contributed by atoms with van der Waals surface area (Å²) < 4.78 is 0. The van der Waals surface area contributed by atoms with Gasteiger partial charge in [-0.25, -0.2) is 0 Å². The first kappa shape index (κ1) is 14.8. The number of hydrogen-bond donors (Lipinski definition) is 1. The van der Waals surface area contributed by atoms with Crippen LogP contribution in [-0.4, -0.2) is 62.2 Å². The minimum atomic E-state index is 0.774. The van der Waals surface area contributed by atoms with Gasteiger partial charge in [0.25, 0.3) is 0 Å². The highest BCUT2D eigenvalue weighted by atomic mass is 15.2. The van der Waals surface area contributed by atoms with E-state index in [-0.39, 0.29) is 0 Å². The summed E-state index contributed by atoms with van der Waals surface area (Å²) in [6, 6.07) is 1.65. The van der Waals surface area contributed by atoms with E-state index in [0.29, 0.717) is 0 Å². The Kier molecular flexibility index (Phi) is 5.00. The van der Waals surface area contributed by atoms with Crippen molar-refractivity contribution in [3.8, 4) is 0 Å².